The first-order valence-corrected chi connectivity index (χ1v) is 5.64. The molecule has 0 atom stereocenters. The minimum absolute atomic E-state index is 0.00852. The lowest BCUT2D eigenvalue weighted by Crippen LogP contribution is -2.04. The summed E-state index contributed by atoms with van der Waals surface area (Å²) < 4.78 is 41.0. The van der Waals surface area contributed by atoms with E-state index in [1.54, 1.807) is 12.3 Å². The second kappa shape index (κ2) is 5.49. The number of fused-ring (bicyclic) bond motifs is 1. The molecule has 0 saturated heterocycles. The largest absolute Gasteiger partial charge is 0.465 e. The average molecular weight is 323 g/mol. The molecule has 2 heterocycles. The van der Waals surface area contributed by atoms with Crippen molar-refractivity contribution >= 4 is 21.4 Å². The van der Waals surface area contributed by atoms with Crippen molar-refractivity contribution in [3.8, 4) is 11.5 Å². The van der Waals surface area contributed by atoms with Gasteiger partial charge in [-0.15, -0.1) is 0 Å². The molecule has 2 aromatic heterocycles. The molecule has 0 amide bonds. The highest BCUT2D eigenvalue weighted by Gasteiger charge is 2.16. The summed E-state index contributed by atoms with van der Waals surface area (Å²) in [5.74, 6) is 0.281. The third-order valence-corrected chi connectivity index (χ3v) is 2.49. The van der Waals surface area contributed by atoms with E-state index in [1.807, 2.05) is 0 Å². The number of aromatic nitrogens is 2. The predicted octanol–water partition coefficient (Wildman–Crippen LogP) is 2.68. The number of halogens is 3. The van der Waals surface area contributed by atoms with E-state index in [1.165, 1.54) is 17.8 Å². The molecule has 0 aliphatic heterocycles. The van der Waals surface area contributed by atoms with Crippen molar-refractivity contribution in [1.82, 2.24) is 9.61 Å². The summed E-state index contributed by atoms with van der Waals surface area (Å²) in [4.78, 5) is 0. The van der Waals surface area contributed by atoms with Crippen molar-refractivity contribution in [1.29, 1.82) is 0 Å². The summed E-state index contributed by atoms with van der Waals surface area (Å²) in [7, 11) is 1.46. The molecule has 5 nitrogen and oxygen atoms in total. The molecule has 8 heteroatoms. The molecule has 2 rings (SSSR count). The van der Waals surface area contributed by atoms with Gasteiger partial charge in [-0.3, -0.25) is 0 Å². The Hall–Kier alpha value is -1.41. The molecule has 0 aromatic carbocycles. The highest BCUT2D eigenvalue weighted by atomic mass is 79.9. The molecule has 0 unspecified atom stereocenters. The highest BCUT2D eigenvalue weighted by Crippen LogP contribution is 2.32. The molecule has 98 valence electrons. The van der Waals surface area contributed by atoms with Crippen LogP contribution in [0.15, 0.2) is 22.9 Å². The lowest BCUT2D eigenvalue weighted by atomic mass is 10.3. The van der Waals surface area contributed by atoms with E-state index in [0.29, 0.717) is 15.7 Å². The first-order valence-electron chi connectivity index (χ1n) is 4.85. The molecule has 0 radical (unpaired) electrons. The van der Waals surface area contributed by atoms with Crippen LogP contribution in [0.3, 0.4) is 0 Å². The monoisotopic (exact) mass is 322 g/mol. The molecular formula is C10H9BrF2N2O3. The summed E-state index contributed by atoms with van der Waals surface area (Å²) in [5, 5.41) is 3.91. The maximum Gasteiger partial charge on any atom is 0.387 e. The highest BCUT2D eigenvalue weighted by molar-refractivity contribution is 9.10. The van der Waals surface area contributed by atoms with Crippen LogP contribution >= 0.6 is 15.9 Å². The summed E-state index contributed by atoms with van der Waals surface area (Å²) in [6.45, 7) is -2.93. The Labute approximate surface area is 109 Å². The molecule has 0 fully saturated rings. The Morgan fingerprint density at radius 2 is 2.22 bits per heavy atom. The summed E-state index contributed by atoms with van der Waals surface area (Å²) in [6.07, 6.45) is 2.81. The Morgan fingerprint density at radius 1 is 1.44 bits per heavy atom. The van der Waals surface area contributed by atoms with Crippen molar-refractivity contribution in [2.45, 2.75) is 6.61 Å². The second-order valence-electron chi connectivity index (χ2n) is 3.25. The minimum atomic E-state index is -2.92. The molecule has 0 saturated carbocycles. The van der Waals surface area contributed by atoms with Gasteiger partial charge < -0.3 is 14.2 Å². The van der Waals surface area contributed by atoms with Crippen molar-refractivity contribution in [3.05, 3.63) is 22.9 Å². The number of hydrogen-bond acceptors (Lipinski definition) is 4. The zero-order valence-electron chi connectivity index (χ0n) is 9.27. The van der Waals surface area contributed by atoms with Crippen molar-refractivity contribution in [2.75, 3.05) is 13.9 Å². The molecule has 0 bridgehead atoms. The Bertz CT molecular complexity index is 547. The molecule has 0 aliphatic rings. The van der Waals surface area contributed by atoms with Crippen LogP contribution in [0.2, 0.25) is 0 Å². The fraction of sp³-hybridized carbons (Fsp3) is 0.300. The zero-order chi connectivity index (χ0) is 13.1. The Morgan fingerprint density at radius 3 is 2.89 bits per heavy atom. The van der Waals surface area contributed by atoms with Gasteiger partial charge >= 0.3 is 6.61 Å². The molecule has 18 heavy (non-hydrogen) atoms. The lowest BCUT2D eigenvalue weighted by molar-refractivity contribution is -0.0489. The standard InChI is InChI=1S/C10H9BrF2N2O3/c1-16-5-17-7-2-6(11)4-15-9(7)8(3-14-15)18-10(12)13/h2-4,10H,5H2,1H3. The van der Waals surface area contributed by atoms with Gasteiger partial charge in [0.25, 0.3) is 0 Å². The van der Waals surface area contributed by atoms with Crippen LogP contribution in [0, 0.1) is 0 Å². The third kappa shape index (κ3) is 2.70. The van der Waals surface area contributed by atoms with Gasteiger partial charge in [-0.25, -0.2) is 4.52 Å². The van der Waals surface area contributed by atoms with E-state index < -0.39 is 6.61 Å². The smallest absolute Gasteiger partial charge is 0.387 e. The van der Waals surface area contributed by atoms with Gasteiger partial charge in [0.1, 0.15) is 0 Å². The van der Waals surface area contributed by atoms with E-state index in [2.05, 4.69) is 25.8 Å². The molecule has 0 N–H and O–H groups in total. The normalized spacial score (nSPS) is 11.2. The van der Waals surface area contributed by atoms with Crippen LogP contribution in [-0.2, 0) is 4.74 Å². The fourth-order valence-electron chi connectivity index (χ4n) is 1.44. The fourth-order valence-corrected chi connectivity index (χ4v) is 1.84. The maximum absolute atomic E-state index is 12.3. The molecular weight excluding hydrogens is 314 g/mol. The van der Waals surface area contributed by atoms with Crippen molar-refractivity contribution in [2.24, 2.45) is 0 Å². The van der Waals surface area contributed by atoms with Gasteiger partial charge in [0.2, 0.25) is 0 Å². The predicted molar refractivity (Wildman–Crippen MR) is 62.0 cm³/mol. The van der Waals surface area contributed by atoms with E-state index >= 15 is 0 Å². The zero-order valence-corrected chi connectivity index (χ0v) is 10.9. The maximum atomic E-state index is 12.3. The first-order chi connectivity index (χ1) is 8.61. The first kappa shape index (κ1) is 13.0. The lowest BCUT2D eigenvalue weighted by Gasteiger charge is -2.09. The Kier molecular flexibility index (Phi) is 3.97. The Balaban J connectivity index is 2.47. The van der Waals surface area contributed by atoms with Gasteiger partial charge in [-0.2, -0.15) is 13.9 Å². The number of rotatable bonds is 5. The summed E-state index contributed by atoms with van der Waals surface area (Å²) >= 11 is 3.26. The quantitative estimate of drug-likeness (QED) is 0.794. The van der Waals surface area contributed by atoms with E-state index in [4.69, 9.17) is 9.47 Å². The van der Waals surface area contributed by atoms with Crippen LogP contribution in [0.25, 0.3) is 5.52 Å². The number of ether oxygens (including phenoxy) is 3. The summed E-state index contributed by atoms with van der Waals surface area (Å²) in [6, 6.07) is 1.62. The third-order valence-electron chi connectivity index (χ3n) is 2.06. The van der Waals surface area contributed by atoms with E-state index in [-0.39, 0.29) is 12.5 Å². The summed E-state index contributed by atoms with van der Waals surface area (Å²) in [5.41, 5.74) is 0.315. The minimum Gasteiger partial charge on any atom is -0.465 e. The van der Waals surface area contributed by atoms with Crippen LogP contribution in [0.4, 0.5) is 8.78 Å². The van der Waals surface area contributed by atoms with Crippen LogP contribution in [-0.4, -0.2) is 30.1 Å². The number of alkyl halides is 2. The van der Waals surface area contributed by atoms with Crippen LogP contribution < -0.4 is 9.47 Å². The van der Waals surface area contributed by atoms with Crippen LogP contribution in [0.1, 0.15) is 0 Å². The van der Waals surface area contributed by atoms with Gasteiger partial charge in [0.05, 0.1) is 6.20 Å². The van der Waals surface area contributed by atoms with Gasteiger partial charge in [-0.1, -0.05) is 0 Å². The van der Waals surface area contributed by atoms with Crippen molar-refractivity contribution < 1.29 is 23.0 Å². The number of pyridine rings is 1. The van der Waals surface area contributed by atoms with E-state index in [0.717, 1.165) is 0 Å². The number of nitrogens with zero attached hydrogens (tertiary/aromatic N) is 2. The topological polar surface area (TPSA) is 45.0 Å². The molecule has 0 spiro atoms. The van der Waals surface area contributed by atoms with Gasteiger partial charge in [-0.05, 0) is 22.0 Å². The van der Waals surface area contributed by atoms with E-state index in [9.17, 15) is 8.78 Å². The SMILES string of the molecule is COCOc1cc(Br)cn2ncc(OC(F)F)c12. The number of methoxy groups -OCH3 is 1. The average Bonchev–Trinajstić information content (AvgIpc) is 2.68. The van der Waals surface area contributed by atoms with Crippen LogP contribution in [0.5, 0.6) is 11.5 Å². The van der Waals surface area contributed by atoms with Crippen molar-refractivity contribution in [3.63, 3.8) is 0 Å². The second-order valence-corrected chi connectivity index (χ2v) is 4.17. The number of hydrogen-bond donors (Lipinski definition) is 0. The van der Waals surface area contributed by atoms with Gasteiger partial charge in [0.15, 0.2) is 23.8 Å². The van der Waals surface area contributed by atoms with Gasteiger partial charge in [0, 0.05) is 17.8 Å². The molecule has 0 aliphatic carbocycles. The molecule has 2 aromatic rings.